The van der Waals surface area contributed by atoms with Crippen molar-refractivity contribution in [1.82, 2.24) is 10.2 Å². The van der Waals surface area contributed by atoms with Gasteiger partial charge in [-0.25, -0.2) is 8.42 Å². The maximum Gasteiger partial charge on any atom is 0.417 e. The second kappa shape index (κ2) is 13.4. The van der Waals surface area contributed by atoms with Gasteiger partial charge < -0.3 is 10.2 Å². The average molecular weight is 638 g/mol. The normalized spacial score (nSPS) is 12.9. The SMILES string of the molecule is Cc1ccc(CN(C(=O)CN(c2ccc(Cl)c(C(F)(F)F)c2)S(C)(=O)=O)[C@H](Cc2ccccc2)C(=O)NC(C)(C)C)cc1. The highest BCUT2D eigenvalue weighted by molar-refractivity contribution is 7.92. The van der Waals surface area contributed by atoms with Crippen molar-refractivity contribution in [1.29, 1.82) is 0 Å². The fourth-order valence-electron chi connectivity index (χ4n) is 4.40. The molecule has 1 N–H and O–H groups in total. The lowest BCUT2D eigenvalue weighted by atomic mass is 10.0. The Hall–Kier alpha value is -3.57. The number of hydrogen-bond acceptors (Lipinski definition) is 4. The van der Waals surface area contributed by atoms with Crippen LogP contribution in [0.4, 0.5) is 18.9 Å². The van der Waals surface area contributed by atoms with Crippen LogP contribution in [0.15, 0.2) is 72.8 Å². The largest absolute Gasteiger partial charge is 0.417 e. The molecule has 12 heteroatoms. The lowest BCUT2D eigenvalue weighted by Gasteiger charge is -2.35. The summed E-state index contributed by atoms with van der Waals surface area (Å²) in [5, 5.41) is 2.30. The van der Waals surface area contributed by atoms with Gasteiger partial charge in [0.1, 0.15) is 12.6 Å². The fourth-order valence-corrected chi connectivity index (χ4v) is 5.46. The van der Waals surface area contributed by atoms with Crippen LogP contribution in [0.3, 0.4) is 0 Å². The van der Waals surface area contributed by atoms with Gasteiger partial charge in [-0.2, -0.15) is 13.2 Å². The molecule has 0 spiro atoms. The molecule has 1 atom stereocenters. The second-order valence-corrected chi connectivity index (χ2v) is 13.7. The van der Waals surface area contributed by atoms with Crippen molar-refractivity contribution in [2.75, 3.05) is 17.1 Å². The van der Waals surface area contributed by atoms with Crippen LogP contribution in [0.1, 0.15) is 43.0 Å². The molecule has 0 saturated carbocycles. The predicted octanol–water partition coefficient (Wildman–Crippen LogP) is 5.99. The van der Waals surface area contributed by atoms with Crippen molar-refractivity contribution in [3.8, 4) is 0 Å². The number of nitrogens with zero attached hydrogens (tertiary/aromatic N) is 2. The highest BCUT2D eigenvalue weighted by Gasteiger charge is 2.37. The summed E-state index contributed by atoms with van der Waals surface area (Å²) >= 11 is 5.76. The molecule has 0 radical (unpaired) electrons. The van der Waals surface area contributed by atoms with Gasteiger partial charge in [-0.3, -0.25) is 13.9 Å². The Kier molecular flexibility index (Phi) is 10.6. The summed E-state index contributed by atoms with van der Waals surface area (Å²) in [6.07, 6.45) is -3.96. The van der Waals surface area contributed by atoms with Crippen LogP contribution >= 0.6 is 11.6 Å². The molecular formula is C31H35ClF3N3O4S. The summed E-state index contributed by atoms with van der Waals surface area (Å²) in [7, 11) is -4.26. The van der Waals surface area contributed by atoms with E-state index in [9.17, 15) is 31.2 Å². The average Bonchev–Trinajstić information content (AvgIpc) is 2.89. The first kappa shape index (κ1) is 33.9. The van der Waals surface area contributed by atoms with E-state index in [0.29, 0.717) is 15.9 Å². The van der Waals surface area contributed by atoms with E-state index in [-0.39, 0.29) is 18.7 Å². The summed E-state index contributed by atoms with van der Waals surface area (Å²) < 4.78 is 67.2. The van der Waals surface area contributed by atoms with Gasteiger partial charge >= 0.3 is 6.18 Å². The number of halogens is 4. The van der Waals surface area contributed by atoms with Gasteiger partial charge in [0.2, 0.25) is 21.8 Å². The molecule has 3 aromatic rings. The molecule has 0 saturated heterocycles. The molecule has 0 fully saturated rings. The van der Waals surface area contributed by atoms with E-state index >= 15 is 0 Å². The van der Waals surface area contributed by atoms with Crippen LogP contribution < -0.4 is 9.62 Å². The Labute approximate surface area is 255 Å². The molecule has 3 aromatic carbocycles. The zero-order valence-corrected chi connectivity index (χ0v) is 26.1. The first-order valence-corrected chi connectivity index (χ1v) is 15.6. The molecule has 43 heavy (non-hydrogen) atoms. The fraction of sp³-hybridized carbons (Fsp3) is 0.355. The van der Waals surface area contributed by atoms with E-state index in [0.717, 1.165) is 29.5 Å². The number of rotatable bonds is 10. The highest BCUT2D eigenvalue weighted by Crippen LogP contribution is 2.37. The predicted molar refractivity (Wildman–Crippen MR) is 162 cm³/mol. The van der Waals surface area contributed by atoms with Crippen molar-refractivity contribution < 1.29 is 31.2 Å². The van der Waals surface area contributed by atoms with Crippen LogP contribution in [-0.4, -0.2) is 49.5 Å². The van der Waals surface area contributed by atoms with E-state index in [1.54, 1.807) is 57.2 Å². The Morgan fingerprint density at radius 1 is 0.930 bits per heavy atom. The van der Waals surface area contributed by atoms with Crippen LogP contribution in [0.25, 0.3) is 0 Å². The third-order valence-electron chi connectivity index (χ3n) is 6.47. The molecule has 7 nitrogen and oxygen atoms in total. The molecule has 0 aliphatic heterocycles. The van der Waals surface area contributed by atoms with Crippen LogP contribution in [-0.2, 0) is 38.8 Å². The minimum absolute atomic E-state index is 0.0554. The first-order valence-electron chi connectivity index (χ1n) is 13.4. The first-order chi connectivity index (χ1) is 19.8. The highest BCUT2D eigenvalue weighted by atomic mass is 35.5. The Balaban J connectivity index is 2.11. The van der Waals surface area contributed by atoms with E-state index in [1.165, 1.54) is 4.90 Å². The number of anilines is 1. The maximum atomic E-state index is 14.1. The minimum atomic E-state index is -4.86. The van der Waals surface area contributed by atoms with Gasteiger partial charge in [0.25, 0.3) is 0 Å². The van der Waals surface area contributed by atoms with Gasteiger partial charge in [0, 0.05) is 18.5 Å². The molecule has 0 heterocycles. The summed E-state index contributed by atoms with van der Waals surface area (Å²) in [4.78, 5) is 29.1. The zero-order valence-electron chi connectivity index (χ0n) is 24.6. The van der Waals surface area contributed by atoms with Crippen molar-refractivity contribution in [3.63, 3.8) is 0 Å². The standard InChI is InChI=1S/C31H35ClF3N3O4S/c1-21-11-13-23(14-12-21)19-37(27(29(40)36-30(2,3)4)17-22-9-7-6-8-10-22)28(39)20-38(43(5,41)42)24-15-16-26(32)25(18-24)31(33,34)35/h6-16,18,27H,17,19-20H2,1-5H3,(H,36,40)/t27-/m1/s1. The van der Waals surface area contributed by atoms with E-state index < -0.39 is 56.7 Å². The number of aryl methyl sites for hydroxylation is 1. The number of hydrogen-bond donors (Lipinski definition) is 1. The number of carbonyl (C=O) groups is 2. The molecule has 0 bridgehead atoms. The van der Waals surface area contributed by atoms with Crippen molar-refractivity contribution in [2.45, 2.75) is 58.4 Å². The van der Waals surface area contributed by atoms with E-state index in [4.69, 9.17) is 11.6 Å². The Bertz CT molecular complexity index is 1540. The number of sulfonamides is 1. The lowest BCUT2D eigenvalue weighted by molar-refractivity contribution is -0.140. The summed E-state index contributed by atoms with van der Waals surface area (Å²) in [5.41, 5.74) is 0.126. The van der Waals surface area contributed by atoms with Gasteiger partial charge in [0.15, 0.2) is 0 Å². The van der Waals surface area contributed by atoms with Crippen molar-refractivity contribution in [3.05, 3.63) is 100 Å². The van der Waals surface area contributed by atoms with E-state index in [1.807, 2.05) is 25.1 Å². The van der Waals surface area contributed by atoms with Gasteiger partial charge in [-0.05, 0) is 57.0 Å². The van der Waals surface area contributed by atoms with Gasteiger partial charge in [-0.15, -0.1) is 0 Å². The number of alkyl halides is 3. The molecule has 0 unspecified atom stereocenters. The molecule has 232 valence electrons. The maximum absolute atomic E-state index is 14.1. The molecular weight excluding hydrogens is 603 g/mol. The summed E-state index contributed by atoms with van der Waals surface area (Å²) in [6, 6.07) is 17.8. The third kappa shape index (κ3) is 9.72. The van der Waals surface area contributed by atoms with Gasteiger partial charge in [0.05, 0.1) is 22.5 Å². The third-order valence-corrected chi connectivity index (χ3v) is 7.94. The minimum Gasteiger partial charge on any atom is -0.350 e. The molecule has 0 aromatic heterocycles. The quantitative estimate of drug-likeness (QED) is 0.296. The Morgan fingerprint density at radius 2 is 1.53 bits per heavy atom. The summed E-state index contributed by atoms with van der Waals surface area (Å²) in [5.74, 6) is -1.24. The zero-order chi connectivity index (χ0) is 32.2. The number of nitrogens with one attached hydrogen (secondary N) is 1. The molecule has 2 amide bonds. The van der Waals surface area contributed by atoms with Crippen molar-refractivity contribution >= 4 is 39.1 Å². The van der Waals surface area contributed by atoms with Crippen molar-refractivity contribution in [2.24, 2.45) is 0 Å². The molecule has 3 rings (SSSR count). The Morgan fingerprint density at radius 3 is 2.07 bits per heavy atom. The van der Waals surface area contributed by atoms with Gasteiger partial charge in [-0.1, -0.05) is 71.8 Å². The van der Waals surface area contributed by atoms with Crippen LogP contribution in [0.2, 0.25) is 5.02 Å². The number of amides is 2. The number of benzene rings is 3. The van der Waals surface area contributed by atoms with Crippen LogP contribution in [0, 0.1) is 6.92 Å². The van der Waals surface area contributed by atoms with Crippen LogP contribution in [0.5, 0.6) is 0 Å². The molecule has 0 aliphatic carbocycles. The van der Waals surface area contributed by atoms with E-state index in [2.05, 4.69) is 5.32 Å². The second-order valence-electron chi connectivity index (χ2n) is 11.4. The topological polar surface area (TPSA) is 86.8 Å². The molecule has 0 aliphatic rings. The number of carbonyl (C=O) groups excluding carboxylic acids is 2. The smallest absolute Gasteiger partial charge is 0.350 e. The monoisotopic (exact) mass is 637 g/mol. The summed E-state index contributed by atoms with van der Waals surface area (Å²) in [6.45, 7) is 6.37. The lowest BCUT2D eigenvalue weighted by Crippen LogP contribution is -2.56.